The Morgan fingerprint density at radius 2 is 2.38 bits per heavy atom. The van der Waals surface area contributed by atoms with Crippen LogP contribution in [0.1, 0.15) is 27.9 Å². The molecule has 0 radical (unpaired) electrons. The summed E-state index contributed by atoms with van der Waals surface area (Å²) in [5, 5.41) is 9.26. The molecule has 0 saturated heterocycles. The molecule has 0 aliphatic carbocycles. The van der Waals surface area contributed by atoms with Crippen LogP contribution in [0.3, 0.4) is 0 Å². The van der Waals surface area contributed by atoms with E-state index in [1.165, 1.54) is 7.11 Å². The van der Waals surface area contributed by atoms with E-state index in [2.05, 4.69) is 4.74 Å². The van der Waals surface area contributed by atoms with Gasteiger partial charge in [-0.1, -0.05) is 0 Å². The highest BCUT2D eigenvalue weighted by Gasteiger charge is 2.18. The first-order valence-corrected chi connectivity index (χ1v) is 5.24. The summed E-state index contributed by atoms with van der Waals surface area (Å²) in [6.45, 7) is 0.568. The monoisotopic (exact) mass is 222 g/mol. The molecule has 0 amide bonds. The summed E-state index contributed by atoms with van der Waals surface area (Å²) in [4.78, 5) is 11.4. The SMILES string of the molecule is COC(=O)c1cc(CO)c2c(c1)OCCC2. The van der Waals surface area contributed by atoms with Crippen molar-refractivity contribution in [3.8, 4) is 5.75 Å². The molecule has 0 fully saturated rings. The Morgan fingerprint density at radius 1 is 1.56 bits per heavy atom. The van der Waals surface area contributed by atoms with Gasteiger partial charge in [-0.05, 0) is 36.1 Å². The number of rotatable bonds is 2. The third-order valence-electron chi connectivity index (χ3n) is 2.72. The second-order valence-electron chi connectivity index (χ2n) is 3.71. The molecule has 86 valence electrons. The number of carbonyl (C=O) groups excluding carboxylic acids is 1. The van der Waals surface area contributed by atoms with Crippen LogP contribution < -0.4 is 4.74 Å². The Balaban J connectivity index is 2.47. The van der Waals surface area contributed by atoms with Crippen LogP contribution >= 0.6 is 0 Å². The molecule has 1 aromatic rings. The molecule has 1 heterocycles. The number of benzene rings is 1. The minimum Gasteiger partial charge on any atom is -0.493 e. The highest BCUT2D eigenvalue weighted by atomic mass is 16.5. The van der Waals surface area contributed by atoms with Gasteiger partial charge in [-0.3, -0.25) is 0 Å². The maximum Gasteiger partial charge on any atom is 0.337 e. The van der Waals surface area contributed by atoms with Crippen LogP contribution in [-0.2, 0) is 17.8 Å². The lowest BCUT2D eigenvalue weighted by Gasteiger charge is -2.20. The summed E-state index contributed by atoms with van der Waals surface area (Å²) < 4.78 is 10.1. The molecule has 0 saturated carbocycles. The normalized spacial score (nSPS) is 13.9. The molecule has 1 aliphatic rings. The molecule has 2 rings (SSSR count). The zero-order valence-electron chi connectivity index (χ0n) is 9.16. The van der Waals surface area contributed by atoms with Gasteiger partial charge in [0, 0.05) is 0 Å². The molecule has 1 N–H and O–H groups in total. The number of hydrogen-bond acceptors (Lipinski definition) is 4. The van der Waals surface area contributed by atoms with E-state index in [1.54, 1.807) is 12.1 Å². The van der Waals surface area contributed by atoms with E-state index in [9.17, 15) is 9.90 Å². The van der Waals surface area contributed by atoms with Gasteiger partial charge >= 0.3 is 5.97 Å². The van der Waals surface area contributed by atoms with E-state index in [4.69, 9.17) is 4.74 Å². The number of hydrogen-bond donors (Lipinski definition) is 1. The highest BCUT2D eigenvalue weighted by molar-refractivity contribution is 5.90. The van der Waals surface area contributed by atoms with Gasteiger partial charge in [0.25, 0.3) is 0 Å². The van der Waals surface area contributed by atoms with Crippen molar-refractivity contribution in [2.24, 2.45) is 0 Å². The minimum atomic E-state index is -0.410. The number of carbonyl (C=O) groups is 1. The van der Waals surface area contributed by atoms with Gasteiger partial charge in [-0.15, -0.1) is 0 Å². The summed E-state index contributed by atoms with van der Waals surface area (Å²) in [5.41, 5.74) is 2.17. The van der Waals surface area contributed by atoms with Gasteiger partial charge in [0.2, 0.25) is 0 Å². The first-order valence-electron chi connectivity index (χ1n) is 5.24. The van der Waals surface area contributed by atoms with Gasteiger partial charge in [0.15, 0.2) is 0 Å². The third kappa shape index (κ3) is 1.88. The van der Waals surface area contributed by atoms with Gasteiger partial charge < -0.3 is 14.6 Å². The fourth-order valence-electron chi connectivity index (χ4n) is 1.92. The van der Waals surface area contributed by atoms with E-state index in [-0.39, 0.29) is 6.61 Å². The summed E-state index contributed by atoms with van der Waals surface area (Å²) in [7, 11) is 1.33. The van der Waals surface area contributed by atoms with Crippen LogP contribution in [0, 0.1) is 0 Å². The fraction of sp³-hybridized carbons (Fsp3) is 0.417. The van der Waals surface area contributed by atoms with Crippen molar-refractivity contribution < 1.29 is 19.4 Å². The Kier molecular flexibility index (Phi) is 3.10. The van der Waals surface area contributed by atoms with Gasteiger partial charge in [0.05, 0.1) is 25.9 Å². The van der Waals surface area contributed by atoms with Crippen molar-refractivity contribution in [3.05, 3.63) is 28.8 Å². The summed E-state index contributed by atoms with van der Waals surface area (Å²) in [6, 6.07) is 3.35. The molecule has 1 aromatic carbocycles. The van der Waals surface area contributed by atoms with Crippen molar-refractivity contribution in [3.63, 3.8) is 0 Å². The smallest absolute Gasteiger partial charge is 0.337 e. The summed E-state index contributed by atoms with van der Waals surface area (Å²) in [5.74, 6) is 0.282. The average Bonchev–Trinajstić information content (AvgIpc) is 2.36. The van der Waals surface area contributed by atoms with Gasteiger partial charge in [-0.25, -0.2) is 4.79 Å². The van der Waals surface area contributed by atoms with Crippen LogP contribution in [0.5, 0.6) is 5.75 Å². The number of aliphatic hydroxyl groups excluding tert-OH is 1. The van der Waals surface area contributed by atoms with E-state index in [0.717, 1.165) is 24.0 Å². The van der Waals surface area contributed by atoms with Crippen molar-refractivity contribution in [2.45, 2.75) is 19.4 Å². The van der Waals surface area contributed by atoms with Crippen LogP contribution in [0.4, 0.5) is 0 Å². The minimum absolute atomic E-state index is 0.0868. The molecular formula is C12H14O4. The molecule has 4 nitrogen and oxygen atoms in total. The molecule has 1 aliphatic heterocycles. The zero-order valence-corrected chi connectivity index (χ0v) is 9.16. The van der Waals surface area contributed by atoms with Gasteiger partial charge in [-0.2, -0.15) is 0 Å². The standard InChI is InChI=1S/C12H14O4/c1-15-12(14)8-5-9(7-13)10-3-2-4-16-11(10)6-8/h5-6,13H,2-4,7H2,1H3. The molecule has 0 bridgehead atoms. The molecular weight excluding hydrogens is 208 g/mol. The molecule has 0 atom stereocenters. The second-order valence-corrected chi connectivity index (χ2v) is 3.71. The fourth-order valence-corrected chi connectivity index (χ4v) is 1.92. The quantitative estimate of drug-likeness (QED) is 0.766. The number of methoxy groups -OCH3 is 1. The summed E-state index contributed by atoms with van der Waals surface area (Å²) >= 11 is 0. The molecule has 16 heavy (non-hydrogen) atoms. The molecule has 4 heteroatoms. The van der Waals surface area contributed by atoms with Crippen LogP contribution in [0.15, 0.2) is 12.1 Å². The first kappa shape index (κ1) is 11.0. The Hall–Kier alpha value is -1.55. The topological polar surface area (TPSA) is 55.8 Å². The maximum atomic E-state index is 11.4. The number of aliphatic hydroxyl groups is 1. The lowest BCUT2D eigenvalue weighted by molar-refractivity contribution is 0.0600. The second kappa shape index (κ2) is 4.53. The largest absolute Gasteiger partial charge is 0.493 e. The Bertz CT molecular complexity index is 394. The van der Waals surface area contributed by atoms with Gasteiger partial charge in [0.1, 0.15) is 5.75 Å². The van der Waals surface area contributed by atoms with Crippen LogP contribution in [-0.4, -0.2) is 24.8 Å². The third-order valence-corrected chi connectivity index (χ3v) is 2.72. The highest BCUT2D eigenvalue weighted by Crippen LogP contribution is 2.30. The number of fused-ring (bicyclic) bond motifs is 1. The van der Waals surface area contributed by atoms with Crippen molar-refractivity contribution in [2.75, 3.05) is 13.7 Å². The van der Waals surface area contributed by atoms with Crippen LogP contribution in [0.2, 0.25) is 0 Å². The summed E-state index contributed by atoms with van der Waals surface area (Å²) in [6.07, 6.45) is 1.82. The first-order chi connectivity index (χ1) is 7.76. The maximum absolute atomic E-state index is 11.4. The Morgan fingerprint density at radius 3 is 3.06 bits per heavy atom. The zero-order chi connectivity index (χ0) is 11.5. The average molecular weight is 222 g/mol. The molecule has 0 aromatic heterocycles. The van der Waals surface area contributed by atoms with Crippen molar-refractivity contribution in [1.29, 1.82) is 0 Å². The lowest BCUT2D eigenvalue weighted by Crippen LogP contribution is -2.13. The van der Waals surface area contributed by atoms with E-state index >= 15 is 0 Å². The lowest BCUT2D eigenvalue weighted by atomic mass is 9.97. The predicted molar refractivity (Wildman–Crippen MR) is 57.5 cm³/mol. The van der Waals surface area contributed by atoms with Crippen molar-refractivity contribution >= 4 is 5.97 Å². The molecule has 0 unspecified atom stereocenters. The number of esters is 1. The predicted octanol–water partition coefficient (Wildman–Crippen LogP) is 1.29. The van der Waals surface area contributed by atoms with Crippen molar-refractivity contribution in [1.82, 2.24) is 0 Å². The molecule has 0 spiro atoms. The number of ether oxygens (including phenoxy) is 2. The van der Waals surface area contributed by atoms with Crippen LogP contribution in [0.25, 0.3) is 0 Å². The van der Waals surface area contributed by atoms with E-state index < -0.39 is 5.97 Å². The Labute approximate surface area is 93.8 Å². The van der Waals surface area contributed by atoms with E-state index in [0.29, 0.717) is 17.9 Å². The van der Waals surface area contributed by atoms with E-state index in [1.807, 2.05) is 0 Å².